The normalized spacial score (nSPS) is 10.5. The van der Waals surface area contributed by atoms with Gasteiger partial charge in [-0.25, -0.2) is 4.79 Å². The van der Waals surface area contributed by atoms with E-state index in [9.17, 15) is 9.59 Å². The molecule has 0 radical (unpaired) electrons. The maximum Gasteiger partial charge on any atom is 0.269 e. The third-order valence-corrected chi connectivity index (χ3v) is 4.85. The van der Waals surface area contributed by atoms with Gasteiger partial charge >= 0.3 is 0 Å². The standard InChI is InChI=1S/C21H40N2O3/c1-2-3-4-5-6-7-8-9-10-11-12-13-14-15-16-17-18-19-21(25)23(26)22-20-24/h26H,2-19H2,1H3. The highest BCUT2D eigenvalue weighted by Crippen LogP contribution is 2.14. The van der Waals surface area contributed by atoms with Crippen LogP contribution in [0.2, 0.25) is 0 Å². The van der Waals surface area contributed by atoms with Gasteiger partial charge in [-0.05, 0) is 6.42 Å². The fraction of sp³-hybridized carbons (Fsp3) is 0.905. The average molecular weight is 369 g/mol. The van der Waals surface area contributed by atoms with E-state index in [1.807, 2.05) is 0 Å². The van der Waals surface area contributed by atoms with Crippen LogP contribution in [0, 0.1) is 0 Å². The van der Waals surface area contributed by atoms with Crippen LogP contribution in [0.1, 0.15) is 122 Å². The number of unbranched alkanes of at least 4 members (excludes halogenated alkanes) is 16. The van der Waals surface area contributed by atoms with Crippen LogP contribution in [0.4, 0.5) is 0 Å². The minimum atomic E-state index is -0.547. The molecular weight excluding hydrogens is 328 g/mol. The van der Waals surface area contributed by atoms with Crippen molar-refractivity contribution >= 4 is 12.0 Å². The molecule has 0 spiro atoms. The monoisotopic (exact) mass is 368 g/mol. The molecule has 0 bridgehead atoms. The van der Waals surface area contributed by atoms with Gasteiger partial charge < -0.3 is 0 Å². The highest BCUT2D eigenvalue weighted by Gasteiger charge is 2.08. The Morgan fingerprint density at radius 2 is 1.08 bits per heavy atom. The summed E-state index contributed by atoms with van der Waals surface area (Å²) in [5.74, 6) is -0.547. The van der Waals surface area contributed by atoms with E-state index in [0.29, 0.717) is 0 Å². The second-order valence-electron chi connectivity index (χ2n) is 7.28. The van der Waals surface area contributed by atoms with Gasteiger partial charge in [0.1, 0.15) is 0 Å². The number of amides is 1. The third kappa shape index (κ3) is 17.6. The Balaban J connectivity index is 3.16. The molecule has 0 aromatic carbocycles. The summed E-state index contributed by atoms with van der Waals surface area (Å²) < 4.78 is 0. The number of nitrogens with zero attached hydrogens (tertiary/aromatic N) is 2. The molecule has 0 aliphatic rings. The van der Waals surface area contributed by atoms with Crippen LogP contribution in [0.15, 0.2) is 5.10 Å². The second kappa shape index (κ2) is 20.1. The van der Waals surface area contributed by atoms with E-state index < -0.39 is 5.91 Å². The Kier molecular flexibility index (Phi) is 19.2. The molecule has 1 N–H and O–H groups in total. The molecule has 26 heavy (non-hydrogen) atoms. The zero-order valence-electron chi connectivity index (χ0n) is 16.9. The lowest BCUT2D eigenvalue weighted by Gasteiger charge is -2.06. The van der Waals surface area contributed by atoms with Gasteiger partial charge in [-0.15, -0.1) is 0 Å². The van der Waals surface area contributed by atoms with E-state index in [1.54, 1.807) is 0 Å². The first-order chi connectivity index (χ1) is 12.7. The predicted molar refractivity (Wildman–Crippen MR) is 106 cm³/mol. The zero-order chi connectivity index (χ0) is 19.3. The quantitative estimate of drug-likeness (QED) is 0.0930. The van der Waals surface area contributed by atoms with Crippen LogP contribution in [-0.4, -0.2) is 22.4 Å². The van der Waals surface area contributed by atoms with Crippen molar-refractivity contribution in [3.8, 4) is 0 Å². The van der Waals surface area contributed by atoms with Gasteiger partial charge in [0.25, 0.3) is 12.0 Å². The lowest BCUT2D eigenvalue weighted by Crippen LogP contribution is -2.20. The molecule has 5 heteroatoms. The molecular formula is C21H40N2O3. The Hall–Kier alpha value is -1.19. The van der Waals surface area contributed by atoms with Gasteiger partial charge in [0, 0.05) is 6.42 Å². The lowest BCUT2D eigenvalue weighted by atomic mass is 10.0. The first-order valence-corrected chi connectivity index (χ1v) is 10.8. The summed E-state index contributed by atoms with van der Waals surface area (Å²) >= 11 is 0. The first-order valence-electron chi connectivity index (χ1n) is 10.8. The van der Waals surface area contributed by atoms with Crippen molar-refractivity contribution in [3.63, 3.8) is 0 Å². The fourth-order valence-electron chi connectivity index (χ4n) is 3.20. The maximum atomic E-state index is 11.3. The van der Waals surface area contributed by atoms with Crippen molar-refractivity contribution in [2.24, 2.45) is 5.10 Å². The Morgan fingerprint density at radius 3 is 1.42 bits per heavy atom. The van der Waals surface area contributed by atoms with Gasteiger partial charge in [-0.1, -0.05) is 120 Å². The molecule has 0 aliphatic heterocycles. The Bertz CT molecular complexity index is 368. The summed E-state index contributed by atoms with van der Waals surface area (Å²) in [6, 6.07) is 0. The smallest absolute Gasteiger partial charge is 0.269 e. The first kappa shape index (κ1) is 24.8. The number of carbonyl (C=O) groups is 1. The predicted octanol–water partition coefficient (Wildman–Crippen LogP) is 6.50. The number of carbonyl (C=O) groups excluding carboxylic acids is 2. The van der Waals surface area contributed by atoms with Gasteiger partial charge in [-0.2, -0.15) is 0 Å². The van der Waals surface area contributed by atoms with Gasteiger partial charge in [0.2, 0.25) is 0 Å². The molecule has 5 nitrogen and oxygen atoms in total. The topological polar surface area (TPSA) is 70.0 Å². The van der Waals surface area contributed by atoms with Gasteiger partial charge in [0.15, 0.2) is 0 Å². The number of hydrogen-bond donors (Lipinski definition) is 1. The van der Waals surface area contributed by atoms with Crippen LogP contribution in [0.25, 0.3) is 0 Å². The van der Waals surface area contributed by atoms with Crippen LogP contribution in [0.3, 0.4) is 0 Å². The van der Waals surface area contributed by atoms with E-state index in [2.05, 4.69) is 12.0 Å². The van der Waals surface area contributed by atoms with Crippen molar-refractivity contribution < 1.29 is 14.8 Å². The summed E-state index contributed by atoms with van der Waals surface area (Å²) in [7, 11) is 0. The molecule has 0 fully saturated rings. The molecule has 0 aliphatic carbocycles. The summed E-state index contributed by atoms with van der Waals surface area (Å²) in [6.45, 7) is 2.27. The molecule has 152 valence electrons. The average Bonchev–Trinajstić information content (AvgIpc) is 2.64. The van der Waals surface area contributed by atoms with Gasteiger partial charge in [0.05, 0.1) is 0 Å². The molecule has 0 atom stereocenters. The van der Waals surface area contributed by atoms with Gasteiger partial charge in [-0.3, -0.25) is 10.0 Å². The van der Waals surface area contributed by atoms with E-state index in [0.717, 1.165) is 25.3 Å². The second-order valence-corrected chi connectivity index (χ2v) is 7.28. The molecule has 1 amide bonds. The summed E-state index contributed by atoms with van der Waals surface area (Å²) in [6.07, 6.45) is 23.3. The summed E-state index contributed by atoms with van der Waals surface area (Å²) in [5.41, 5.74) is 0. The fourth-order valence-corrected chi connectivity index (χ4v) is 3.20. The van der Waals surface area contributed by atoms with Crippen LogP contribution >= 0.6 is 0 Å². The maximum absolute atomic E-state index is 11.3. The summed E-state index contributed by atoms with van der Waals surface area (Å²) in [4.78, 5) is 21.2. The van der Waals surface area contributed by atoms with Crippen molar-refractivity contribution in [2.45, 2.75) is 122 Å². The number of hydroxylamine groups is 1. The molecule has 0 aromatic rings. The highest BCUT2D eigenvalue weighted by molar-refractivity contribution is 5.74. The third-order valence-electron chi connectivity index (χ3n) is 4.85. The van der Waals surface area contributed by atoms with E-state index in [4.69, 9.17) is 5.21 Å². The van der Waals surface area contributed by atoms with Crippen molar-refractivity contribution in [3.05, 3.63) is 0 Å². The highest BCUT2D eigenvalue weighted by atomic mass is 16.5. The van der Waals surface area contributed by atoms with Crippen molar-refractivity contribution in [1.29, 1.82) is 0 Å². The van der Waals surface area contributed by atoms with Crippen LogP contribution in [-0.2, 0) is 9.59 Å². The van der Waals surface area contributed by atoms with Crippen molar-refractivity contribution in [2.75, 3.05) is 0 Å². The van der Waals surface area contributed by atoms with Crippen LogP contribution in [0.5, 0.6) is 0 Å². The lowest BCUT2D eigenvalue weighted by molar-refractivity contribution is -0.165. The minimum Gasteiger partial charge on any atom is -0.270 e. The Labute approximate surface area is 160 Å². The molecule has 0 saturated carbocycles. The molecule has 0 saturated heterocycles. The largest absolute Gasteiger partial charge is 0.270 e. The van der Waals surface area contributed by atoms with Crippen LogP contribution < -0.4 is 0 Å². The Morgan fingerprint density at radius 1 is 0.731 bits per heavy atom. The molecule has 0 unspecified atom stereocenters. The molecule has 0 heterocycles. The number of hydrazone groups is 1. The van der Waals surface area contributed by atoms with E-state index in [-0.39, 0.29) is 11.6 Å². The summed E-state index contributed by atoms with van der Waals surface area (Å²) in [5, 5.41) is 11.9. The van der Waals surface area contributed by atoms with E-state index >= 15 is 0 Å². The number of isocyanates is 1. The SMILES string of the molecule is CCCCCCCCCCCCCCCCCCCC(=O)N(O)N=C=O. The zero-order valence-corrected chi connectivity index (χ0v) is 16.9. The van der Waals surface area contributed by atoms with Crippen molar-refractivity contribution in [1.82, 2.24) is 5.17 Å². The minimum absolute atomic E-state index is 0.0828. The molecule has 0 aromatic heterocycles. The molecule has 0 rings (SSSR count). The number of rotatable bonds is 19. The number of hydrogen-bond acceptors (Lipinski definition) is 4. The van der Waals surface area contributed by atoms with E-state index in [1.165, 1.54) is 89.9 Å².